The standard InChI is InChI=1S/C11H16.C8H14O3.C8H12.C7H14O2.C6H12O2/c1-2-7-3-6(1)9-4-8-5-10(8)11(7)9;1-3-6(2)8(9)11-5-7-4-10-7;1-2-6-3-5(1)7-4-8(6)7;1-5-7(2,3)6(8)9-4;1-4-5(2)6(7)8-3/h6-11H,1-5H2;6-7H,3-5H2,1-2H3;5-8H,1-4H2;5H2,1-4H3;5H,4H2,1-3H3. The second-order valence-corrected chi connectivity index (χ2v) is 16.8. The summed E-state index contributed by atoms with van der Waals surface area (Å²) >= 11 is 0. The zero-order valence-electron chi connectivity index (χ0n) is 31.3. The summed E-state index contributed by atoms with van der Waals surface area (Å²) in [5.41, 5.74) is -0.311. The molecule has 7 heteroatoms. The second kappa shape index (κ2) is 16.9. The van der Waals surface area contributed by atoms with E-state index in [1.807, 2.05) is 48.5 Å². The minimum absolute atomic E-state index is 0.0220. The highest BCUT2D eigenvalue weighted by molar-refractivity contribution is 5.75. The van der Waals surface area contributed by atoms with Crippen LogP contribution in [-0.4, -0.2) is 51.4 Å². The molecular formula is C40H68O7. The van der Waals surface area contributed by atoms with Crippen LogP contribution in [0, 0.1) is 76.4 Å². The Labute approximate surface area is 286 Å². The normalized spacial score (nSPS) is 37.6. The molecule has 0 aromatic rings. The molecule has 47 heavy (non-hydrogen) atoms. The highest BCUT2D eigenvalue weighted by Gasteiger charge is 2.62. The number of rotatable bonds is 8. The van der Waals surface area contributed by atoms with Crippen LogP contribution >= 0.6 is 0 Å². The van der Waals surface area contributed by atoms with Gasteiger partial charge in [-0.25, -0.2) is 0 Å². The summed E-state index contributed by atoms with van der Waals surface area (Å²) in [6.07, 6.45) is 17.2. The summed E-state index contributed by atoms with van der Waals surface area (Å²) < 4.78 is 18.9. The first kappa shape index (κ1) is 38.2. The van der Waals surface area contributed by atoms with Crippen LogP contribution in [0.1, 0.15) is 126 Å². The Morgan fingerprint density at radius 1 is 0.681 bits per heavy atom. The fourth-order valence-corrected chi connectivity index (χ4v) is 9.42. The highest BCUT2D eigenvalue weighted by Crippen LogP contribution is 2.70. The highest BCUT2D eigenvalue weighted by atomic mass is 16.6. The molecule has 0 amide bonds. The van der Waals surface area contributed by atoms with E-state index in [0.29, 0.717) is 6.61 Å². The molecule has 1 aliphatic heterocycles. The number of hydrogen-bond donors (Lipinski definition) is 0. The van der Waals surface area contributed by atoms with Crippen molar-refractivity contribution in [2.75, 3.05) is 27.4 Å². The number of esters is 3. The Morgan fingerprint density at radius 2 is 1.17 bits per heavy atom. The van der Waals surface area contributed by atoms with Crippen LogP contribution in [0.3, 0.4) is 0 Å². The van der Waals surface area contributed by atoms with Gasteiger partial charge in [-0.1, -0.05) is 34.6 Å². The molecule has 0 aromatic carbocycles. The van der Waals surface area contributed by atoms with Gasteiger partial charge in [0.2, 0.25) is 0 Å². The van der Waals surface area contributed by atoms with E-state index in [0.717, 1.165) is 25.9 Å². The van der Waals surface area contributed by atoms with Crippen molar-refractivity contribution in [1.29, 1.82) is 0 Å². The first-order valence-corrected chi connectivity index (χ1v) is 19.3. The van der Waals surface area contributed by atoms with Gasteiger partial charge in [0.15, 0.2) is 0 Å². The van der Waals surface area contributed by atoms with E-state index in [-0.39, 0.29) is 41.3 Å². The maximum Gasteiger partial charge on any atom is 0.311 e. The van der Waals surface area contributed by atoms with Crippen molar-refractivity contribution in [1.82, 2.24) is 0 Å². The number of epoxide rings is 1. The van der Waals surface area contributed by atoms with E-state index in [2.05, 4.69) is 9.47 Å². The SMILES string of the molecule is C1CC2CC1C1CC21.C1CC2CC1C1CC3CC3C21.CCC(C)(C)C(=O)OC.CCC(C)C(=O)OC.CCC(C)C(=O)OCC1CO1. The van der Waals surface area contributed by atoms with E-state index in [9.17, 15) is 14.4 Å². The Hall–Kier alpha value is -1.63. The van der Waals surface area contributed by atoms with Crippen LogP contribution in [0.2, 0.25) is 0 Å². The minimum Gasteiger partial charge on any atom is -0.469 e. The van der Waals surface area contributed by atoms with Crippen LogP contribution in [0.25, 0.3) is 0 Å². The molecule has 270 valence electrons. The van der Waals surface area contributed by atoms with Gasteiger partial charge < -0.3 is 18.9 Å². The molecule has 7 saturated carbocycles. The van der Waals surface area contributed by atoms with Crippen LogP contribution in [0.4, 0.5) is 0 Å². The monoisotopic (exact) mass is 660 g/mol. The number of carbonyl (C=O) groups excluding carboxylic acids is 3. The molecule has 1 saturated heterocycles. The topological polar surface area (TPSA) is 91.4 Å². The van der Waals surface area contributed by atoms with E-state index in [4.69, 9.17) is 9.47 Å². The smallest absolute Gasteiger partial charge is 0.311 e. The summed E-state index contributed by atoms with van der Waals surface area (Å²) in [4.78, 5) is 32.4. The lowest BCUT2D eigenvalue weighted by Crippen LogP contribution is -2.24. The lowest BCUT2D eigenvalue weighted by atomic mass is 9.79. The van der Waals surface area contributed by atoms with Crippen molar-refractivity contribution in [3.8, 4) is 0 Å². The Balaban J connectivity index is 0.000000134. The summed E-state index contributed by atoms with van der Waals surface area (Å²) in [7, 11) is 2.83. The summed E-state index contributed by atoms with van der Waals surface area (Å²) in [6, 6.07) is 0. The Bertz CT molecular complexity index is 1020. The largest absolute Gasteiger partial charge is 0.469 e. The summed E-state index contributed by atoms with van der Waals surface area (Å²) in [5.74, 6) is 12.0. The molecule has 0 aromatic heterocycles. The average Bonchev–Trinajstić information content (AvgIpc) is 4.05. The number of fused-ring (bicyclic) bond motifs is 12. The maximum absolute atomic E-state index is 11.0. The third-order valence-corrected chi connectivity index (χ3v) is 13.5. The van der Waals surface area contributed by atoms with Crippen LogP contribution < -0.4 is 0 Å². The van der Waals surface area contributed by atoms with Gasteiger partial charge in [0, 0.05) is 0 Å². The molecule has 13 unspecified atom stereocenters. The van der Waals surface area contributed by atoms with Gasteiger partial charge >= 0.3 is 17.9 Å². The van der Waals surface area contributed by atoms with E-state index in [1.165, 1.54) is 73.4 Å². The van der Waals surface area contributed by atoms with Gasteiger partial charge in [-0.05, 0) is 150 Å². The fourth-order valence-electron chi connectivity index (χ4n) is 9.42. The lowest BCUT2D eigenvalue weighted by molar-refractivity contribution is -0.151. The van der Waals surface area contributed by atoms with Crippen molar-refractivity contribution in [3.05, 3.63) is 0 Å². The Kier molecular flexibility index (Phi) is 13.7. The molecule has 7 nitrogen and oxygen atoms in total. The molecular weight excluding hydrogens is 592 g/mol. The molecule has 8 aliphatic rings. The molecule has 0 N–H and O–H groups in total. The van der Waals surface area contributed by atoms with Gasteiger partial charge in [-0.3, -0.25) is 14.4 Å². The van der Waals surface area contributed by atoms with E-state index < -0.39 is 0 Å². The Morgan fingerprint density at radius 3 is 1.55 bits per heavy atom. The van der Waals surface area contributed by atoms with Gasteiger partial charge in [-0.15, -0.1) is 0 Å². The average molecular weight is 661 g/mol. The third-order valence-electron chi connectivity index (χ3n) is 13.5. The predicted molar refractivity (Wildman–Crippen MR) is 184 cm³/mol. The van der Waals surface area contributed by atoms with Gasteiger partial charge in [0.1, 0.15) is 12.7 Å². The molecule has 13 atom stereocenters. The number of hydrogen-bond acceptors (Lipinski definition) is 7. The van der Waals surface area contributed by atoms with Gasteiger partial charge in [0.05, 0.1) is 38.1 Å². The zero-order valence-corrected chi connectivity index (χ0v) is 31.3. The van der Waals surface area contributed by atoms with Crippen molar-refractivity contribution in [3.63, 3.8) is 0 Å². The quantitative estimate of drug-likeness (QED) is 0.146. The number of methoxy groups -OCH3 is 2. The van der Waals surface area contributed by atoms with E-state index in [1.54, 1.807) is 57.8 Å². The molecule has 0 radical (unpaired) electrons. The minimum atomic E-state index is -0.311. The maximum atomic E-state index is 11.0. The molecule has 1 heterocycles. The fraction of sp³-hybridized carbons (Fsp3) is 0.925. The number of carbonyl (C=O) groups is 3. The lowest BCUT2D eigenvalue weighted by Gasteiger charge is -2.26. The van der Waals surface area contributed by atoms with Gasteiger partial charge in [0.25, 0.3) is 0 Å². The predicted octanol–water partition coefficient (Wildman–Crippen LogP) is 8.52. The zero-order chi connectivity index (χ0) is 34.5. The molecule has 7 aliphatic carbocycles. The van der Waals surface area contributed by atoms with Crippen molar-refractivity contribution >= 4 is 17.9 Å². The number of ether oxygens (including phenoxy) is 4. The van der Waals surface area contributed by atoms with Crippen molar-refractivity contribution < 1.29 is 33.3 Å². The van der Waals surface area contributed by atoms with Crippen LogP contribution in [0.15, 0.2) is 0 Å². The molecule has 8 fully saturated rings. The van der Waals surface area contributed by atoms with E-state index >= 15 is 0 Å². The van der Waals surface area contributed by atoms with Crippen LogP contribution in [0.5, 0.6) is 0 Å². The van der Waals surface area contributed by atoms with Crippen molar-refractivity contribution in [2.45, 2.75) is 132 Å². The second-order valence-electron chi connectivity index (χ2n) is 16.8. The molecule has 8 rings (SSSR count). The molecule has 0 spiro atoms. The first-order valence-electron chi connectivity index (χ1n) is 19.3. The summed E-state index contributed by atoms with van der Waals surface area (Å²) in [6.45, 7) is 14.6. The third kappa shape index (κ3) is 9.97. The summed E-state index contributed by atoms with van der Waals surface area (Å²) in [5, 5.41) is 0. The van der Waals surface area contributed by atoms with Crippen LogP contribution in [-0.2, 0) is 33.3 Å². The molecule has 4 bridgehead atoms. The first-order chi connectivity index (χ1) is 22.4. The van der Waals surface area contributed by atoms with Crippen molar-refractivity contribution in [2.24, 2.45) is 76.4 Å². The van der Waals surface area contributed by atoms with Gasteiger partial charge in [-0.2, -0.15) is 0 Å².